The number of rotatable bonds is 22. The molecule has 0 fully saturated rings. The smallest absolute Gasteiger partial charge is 0.376 e. The Hall–Kier alpha value is -0.240. The molecule has 0 aliphatic heterocycles. The highest BCUT2D eigenvalue weighted by molar-refractivity contribution is 7.38. The summed E-state index contributed by atoms with van der Waals surface area (Å²) in [5.41, 5.74) is 0. The number of unbranched alkanes of at least 4 members (excludes halogenated alkanes) is 15. The van der Waals surface area contributed by atoms with Gasteiger partial charge in [-0.2, -0.15) is 0 Å². The first-order valence-corrected chi connectivity index (χ1v) is 14.6. The van der Waals surface area contributed by atoms with Gasteiger partial charge in [0.1, 0.15) is 0 Å². The van der Waals surface area contributed by atoms with Gasteiger partial charge in [0.25, 0.3) is 5.28 Å². The van der Waals surface area contributed by atoms with E-state index in [2.05, 4.69) is 19.1 Å². The number of hydrogen-bond acceptors (Lipinski definition) is 2. The average Bonchev–Trinajstić information content (AvgIpc) is 2.71. The van der Waals surface area contributed by atoms with Crippen LogP contribution in [0.15, 0.2) is 12.2 Å². The van der Waals surface area contributed by atoms with Gasteiger partial charge in [-0.15, -0.1) is 0 Å². The molecule has 0 rings (SSSR count). The standard InChI is InChI=1S/C27H55NO2P/c1-6-8-9-10-11-12-13-14-15-16-17-18-19-20-21-22-23-24-25-26-27(7-2,31(29)30)28(3,4)5/h21-22H,6-20,23-26H2,1-5H3/q+1/b22-21-. The van der Waals surface area contributed by atoms with Gasteiger partial charge in [0.05, 0.1) is 21.1 Å². The van der Waals surface area contributed by atoms with E-state index in [0.717, 1.165) is 25.7 Å². The molecule has 0 aromatic rings. The molecule has 0 radical (unpaired) electrons. The zero-order valence-electron chi connectivity index (χ0n) is 21.8. The van der Waals surface area contributed by atoms with Crippen molar-refractivity contribution >= 4 is 8.03 Å². The zero-order valence-corrected chi connectivity index (χ0v) is 22.7. The Kier molecular flexibility index (Phi) is 19.1. The monoisotopic (exact) mass is 456 g/mol. The molecule has 31 heavy (non-hydrogen) atoms. The van der Waals surface area contributed by atoms with Gasteiger partial charge in [-0.1, -0.05) is 108 Å². The summed E-state index contributed by atoms with van der Waals surface area (Å²) in [6.07, 6.45) is 28.7. The summed E-state index contributed by atoms with van der Waals surface area (Å²) in [6.45, 7) is 4.29. The van der Waals surface area contributed by atoms with E-state index in [1.54, 1.807) is 0 Å². The molecule has 0 aliphatic carbocycles. The van der Waals surface area contributed by atoms with E-state index in [-0.39, 0.29) is 0 Å². The molecule has 0 bridgehead atoms. The number of allylic oxidation sites excluding steroid dienone is 2. The number of nitrogens with zero attached hydrogens (tertiary/aromatic N) is 1. The van der Waals surface area contributed by atoms with E-state index in [4.69, 9.17) is 0 Å². The predicted molar refractivity (Wildman–Crippen MR) is 137 cm³/mol. The summed E-state index contributed by atoms with van der Waals surface area (Å²) in [6, 6.07) is 0. The lowest BCUT2D eigenvalue weighted by atomic mass is 10.0. The quantitative estimate of drug-likeness (QED) is 0.0709. The van der Waals surface area contributed by atoms with Gasteiger partial charge in [0.2, 0.25) is 0 Å². The summed E-state index contributed by atoms with van der Waals surface area (Å²) in [5.74, 6) is 0. The minimum Gasteiger partial charge on any atom is -0.590 e. The summed E-state index contributed by atoms with van der Waals surface area (Å²) in [5, 5.41) is -0.617. The van der Waals surface area contributed by atoms with Crippen LogP contribution in [0.25, 0.3) is 0 Å². The van der Waals surface area contributed by atoms with Crippen molar-refractivity contribution in [3.63, 3.8) is 0 Å². The van der Waals surface area contributed by atoms with Crippen LogP contribution in [0.5, 0.6) is 0 Å². The molecule has 0 heterocycles. The van der Waals surface area contributed by atoms with Crippen molar-refractivity contribution in [1.29, 1.82) is 0 Å². The molecular formula is C27H55NO2P+. The fourth-order valence-electron chi connectivity index (χ4n) is 4.64. The average molecular weight is 457 g/mol. The lowest BCUT2D eigenvalue weighted by Gasteiger charge is -2.39. The normalized spacial score (nSPS) is 14.8. The second-order valence-corrected chi connectivity index (χ2v) is 11.7. The van der Waals surface area contributed by atoms with Crippen molar-refractivity contribution in [2.24, 2.45) is 0 Å². The Morgan fingerprint density at radius 1 is 0.677 bits per heavy atom. The Balaban J connectivity index is 3.57. The second kappa shape index (κ2) is 19.2. The highest BCUT2D eigenvalue weighted by Crippen LogP contribution is 2.44. The topological polar surface area (TPSA) is 40.1 Å². The third-order valence-corrected chi connectivity index (χ3v) is 8.81. The van der Waals surface area contributed by atoms with Crippen LogP contribution in [0.1, 0.15) is 136 Å². The minimum atomic E-state index is -2.43. The van der Waals surface area contributed by atoms with Crippen molar-refractivity contribution in [3.8, 4) is 0 Å². The van der Waals surface area contributed by atoms with Gasteiger partial charge < -0.3 is 4.89 Å². The van der Waals surface area contributed by atoms with E-state index < -0.39 is 13.3 Å². The van der Waals surface area contributed by atoms with Gasteiger partial charge in [0, 0.05) is 12.8 Å². The molecule has 2 unspecified atom stereocenters. The van der Waals surface area contributed by atoms with Crippen LogP contribution in [-0.2, 0) is 4.57 Å². The molecule has 2 atom stereocenters. The Morgan fingerprint density at radius 2 is 1.06 bits per heavy atom. The molecular weight excluding hydrogens is 401 g/mol. The number of quaternary nitrogens is 1. The molecule has 0 spiro atoms. The molecule has 184 valence electrons. The van der Waals surface area contributed by atoms with E-state index in [0.29, 0.717) is 10.9 Å². The van der Waals surface area contributed by atoms with Gasteiger partial charge in [-0.3, -0.25) is 4.48 Å². The molecule has 0 saturated carbocycles. The van der Waals surface area contributed by atoms with Crippen LogP contribution in [0.3, 0.4) is 0 Å². The highest BCUT2D eigenvalue weighted by Gasteiger charge is 2.52. The molecule has 0 saturated heterocycles. The van der Waals surface area contributed by atoms with Crippen molar-refractivity contribution < 1.29 is 13.9 Å². The Labute approximate surface area is 196 Å². The van der Waals surface area contributed by atoms with Crippen LogP contribution in [0.4, 0.5) is 0 Å². The van der Waals surface area contributed by atoms with Crippen molar-refractivity contribution in [2.75, 3.05) is 21.1 Å². The first-order valence-electron chi connectivity index (χ1n) is 13.4. The van der Waals surface area contributed by atoms with Gasteiger partial charge in [0.15, 0.2) is 0 Å². The first kappa shape index (κ1) is 30.8. The maximum Gasteiger partial charge on any atom is 0.376 e. The van der Waals surface area contributed by atoms with Crippen molar-refractivity contribution in [1.82, 2.24) is 0 Å². The maximum absolute atomic E-state index is 11.9. The lowest BCUT2D eigenvalue weighted by molar-refractivity contribution is -0.910. The SMILES string of the molecule is CCCCCCCCCCCCCCC/C=C\CCCCC(CC)([P+](=O)[O-])[N+](C)(C)C. The second-order valence-electron chi connectivity index (χ2n) is 10.4. The molecule has 3 nitrogen and oxygen atoms in total. The van der Waals surface area contributed by atoms with Crippen LogP contribution < -0.4 is 4.89 Å². The lowest BCUT2D eigenvalue weighted by Crippen LogP contribution is -2.55. The molecule has 0 N–H and O–H groups in total. The largest absolute Gasteiger partial charge is 0.590 e. The maximum atomic E-state index is 11.9. The Morgan fingerprint density at radius 3 is 1.42 bits per heavy atom. The third kappa shape index (κ3) is 14.5. The molecule has 0 aliphatic rings. The molecule has 0 amide bonds. The minimum absolute atomic E-state index is 0.497. The van der Waals surface area contributed by atoms with E-state index in [9.17, 15) is 9.46 Å². The predicted octanol–water partition coefficient (Wildman–Crippen LogP) is 8.50. The van der Waals surface area contributed by atoms with Crippen LogP contribution in [0, 0.1) is 0 Å². The van der Waals surface area contributed by atoms with Crippen molar-refractivity contribution in [2.45, 2.75) is 141 Å². The Bertz CT molecular complexity index is 459. The highest BCUT2D eigenvalue weighted by atomic mass is 31.1. The molecule has 0 aromatic heterocycles. The van der Waals surface area contributed by atoms with Crippen LogP contribution in [0.2, 0.25) is 0 Å². The van der Waals surface area contributed by atoms with E-state index in [1.807, 2.05) is 28.1 Å². The van der Waals surface area contributed by atoms with E-state index in [1.165, 1.54) is 89.9 Å². The van der Waals surface area contributed by atoms with Gasteiger partial charge >= 0.3 is 8.03 Å². The fourth-order valence-corrected chi connectivity index (χ4v) is 5.73. The summed E-state index contributed by atoms with van der Waals surface area (Å²) >= 11 is 0. The molecule has 0 aromatic carbocycles. The summed E-state index contributed by atoms with van der Waals surface area (Å²) in [4.78, 5) is 11.9. The van der Waals surface area contributed by atoms with Crippen LogP contribution in [-0.4, -0.2) is 30.9 Å². The van der Waals surface area contributed by atoms with Gasteiger partial charge in [-0.05, 0) is 32.1 Å². The third-order valence-electron chi connectivity index (χ3n) is 6.99. The zero-order chi connectivity index (χ0) is 23.4. The van der Waals surface area contributed by atoms with E-state index >= 15 is 0 Å². The fraction of sp³-hybridized carbons (Fsp3) is 0.926. The molecule has 4 heteroatoms. The van der Waals surface area contributed by atoms with Crippen molar-refractivity contribution in [3.05, 3.63) is 12.2 Å². The van der Waals surface area contributed by atoms with Crippen LogP contribution >= 0.6 is 8.03 Å². The summed E-state index contributed by atoms with van der Waals surface area (Å²) in [7, 11) is 3.58. The number of hydrogen-bond donors (Lipinski definition) is 0. The van der Waals surface area contributed by atoms with Gasteiger partial charge in [-0.25, -0.2) is 0 Å². The first-order chi connectivity index (χ1) is 14.8. The summed E-state index contributed by atoms with van der Waals surface area (Å²) < 4.78 is 12.4.